The SMILES string of the molecule is CN(Cc1ccccc1O)C(=O)Nc1ccc(C(=O)NC(C)(C)C)cc1. The highest BCUT2D eigenvalue weighted by atomic mass is 16.3. The molecule has 6 heteroatoms. The van der Waals surface area contributed by atoms with Crippen LogP contribution in [-0.2, 0) is 6.54 Å². The molecule has 26 heavy (non-hydrogen) atoms. The Bertz CT molecular complexity index is 780. The Hall–Kier alpha value is -3.02. The van der Waals surface area contributed by atoms with E-state index in [1.807, 2.05) is 26.8 Å². The molecule has 0 bridgehead atoms. The number of phenolic OH excluding ortho intramolecular Hbond substituents is 1. The van der Waals surface area contributed by atoms with E-state index >= 15 is 0 Å². The van der Waals surface area contributed by atoms with Crippen LogP contribution in [-0.4, -0.2) is 34.5 Å². The average Bonchev–Trinajstić information content (AvgIpc) is 2.56. The molecule has 0 aromatic heterocycles. The van der Waals surface area contributed by atoms with Crippen molar-refractivity contribution in [1.29, 1.82) is 0 Å². The molecule has 138 valence electrons. The number of hydrogen-bond acceptors (Lipinski definition) is 3. The lowest BCUT2D eigenvalue weighted by Crippen LogP contribution is -2.40. The molecule has 0 saturated heterocycles. The van der Waals surface area contributed by atoms with Crippen LogP contribution in [0, 0.1) is 0 Å². The van der Waals surface area contributed by atoms with Gasteiger partial charge < -0.3 is 20.6 Å². The van der Waals surface area contributed by atoms with Gasteiger partial charge in [-0.1, -0.05) is 18.2 Å². The largest absolute Gasteiger partial charge is 0.508 e. The van der Waals surface area contributed by atoms with Gasteiger partial charge in [-0.2, -0.15) is 0 Å². The van der Waals surface area contributed by atoms with Crippen LogP contribution in [0.4, 0.5) is 10.5 Å². The molecule has 0 aliphatic carbocycles. The van der Waals surface area contributed by atoms with Crippen LogP contribution < -0.4 is 10.6 Å². The number of amides is 3. The lowest BCUT2D eigenvalue weighted by molar-refractivity contribution is 0.0919. The van der Waals surface area contributed by atoms with Gasteiger partial charge in [0, 0.05) is 29.4 Å². The van der Waals surface area contributed by atoms with Gasteiger partial charge in [0.2, 0.25) is 0 Å². The van der Waals surface area contributed by atoms with Gasteiger partial charge in [-0.3, -0.25) is 4.79 Å². The second-order valence-electron chi connectivity index (χ2n) is 7.20. The summed E-state index contributed by atoms with van der Waals surface area (Å²) < 4.78 is 0. The van der Waals surface area contributed by atoms with Crippen LogP contribution >= 0.6 is 0 Å². The highest BCUT2D eigenvalue weighted by Crippen LogP contribution is 2.18. The van der Waals surface area contributed by atoms with Crippen molar-refractivity contribution in [2.24, 2.45) is 0 Å². The number of aromatic hydroxyl groups is 1. The van der Waals surface area contributed by atoms with Crippen LogP contribution in [0.2, 0.25) is 0 Å². The zero-order valence-electron chi connectivity index (χ0n) is 15.5. The number of nitrogens with one attached hydrogen (secondary N) is 2. The lowest BCUT2D eigenvalue weighted by Gasteiger charge is -2.21. The molecular weight excluding hydrogens is 330 g/mol. The predicted molar refractivity (Wildman–Crippen MR) is 102 cm³/mol. The number of anilines is 1. The molecule has 0 fully saturated rings. The first-order valence-corrected chi connectivity index (χ1v) is 8.37. The first kappa shape index (κ1) is 19.3. The van der Waals surface area contributed by atoms with E-state index in [0.29, 0.717) is 16.8 Å². The Balaban J connectivity index is 1.96. The zero-order valence-corrected chi connectivity index (χ0v) is 15.5. The molecule has 0 spiro atoms. The molecule has 0 unspecified atom stereocenters. The number of carbonyl (C=O) groups is 2. The number of nitrogens with zero attached hydrogens (tertiary/aromatic N) is 1. The number of hydrogen-bond donors (Lipinski definition) is 3. The highest BCUT2D eigenvalue weighted by Gasteiger charge is 2.16. The maximum absolute atomic E-state index is 12.3. The van der Waals surface area contributed by atoms with Gasteiger partial charge in [0.15, 0.2) is 0 Å². The summed E-state index contributed by atoms with van der Waals surface area (Å²) in [5.74, 6) is -0.00610. The maximum Gasteiger partial charge on any atom is 0.321 e. The van der Waals surface area contributed by atoms with Crippen LogP contribution in [0.1, 0.15) is 36.7 Å². The molecule has 2 aromatic carbocycles. The molecule has 2 aromatic rings. The third-order valence-corrected chi connectivity index (χ3v) is 3.63. The van der Waals surface area contributed by atoms with Crippen molar-refractivity contribution < 1.29 is 14.7 Å². The Labute approximate surface area is 153 Å². The van der Waals surface area contributed by atoms with Gasteiger partial charge >= 0.3 is 6.03 Å². The molecule has 0 aliphatic rings. The Morgan fingerprint density at radius 1 is 1.04 bits per heavy atom. The highest BCUT2D eigenvalue weighted by molar-refractivity contribution is 5.95. The number of rotatable bonds is 4. The zero-order chi connectivity index (χ0) is 19.3. The van der Waals surface area contributed by atoms with Gasteiger partial charge in [-0.25, -0.2) is 4.79 Å². The van der Waals surface area contributed by atoms with Crippen LogP contribution in [0.15, 0.2) is 48.5 Å². The quantitative estimate of drug-likeness (QED) is 0.784. The predicted octanol–water partition coefficient (Wildman–Crippen LogP) is 3.58. The Kier molecular flexibility index (Phi) is 5.87. The van der Waals surface area contributed by atoms with E-state index in [2.05, 4.69) is 10.6 Å². The molecule has 0 saturated carbocycles. The first-order valence-electron chi connectivity index (χ1n) is 8.37. The van der Waals surface area contributed by atoms with E-state index < -0.39 is 0 Å². The van der Waals surface area contributed by atoms with Gasteiger partial charge in [-0.05, 0) is 51.1 Å². The number of urea groups is 1. The molecular formula is C20H25N3O3. The number of phenols is 1. The van der Waals surface area contributed by atoms with Crippen LogP contribution in [0.25, 0.3) is 0 Å². The molecule has 0 atom stereocenters. The summed E-state index contributed by atoms with van der Waals surface area (Å²) in [6.45, 7) is 6.03. The van der Waals surface area contributed by atoms with E-state index in [1.54, 1.807) is 49.5 Å². The minimum atomic E-state index is -0.310. The van der Waals surface area contributed by atoms with E-state index in [-0.39, 0.29) is 29.8 Å². The normalized spacial score (nSPS) is 10.9. The molecule has 0 radical (unpaired) electrons. The average molecular weight is 355 g/mol. The summed E-state index contributed by atoms with van der Waals surface area (Å²) in [5, 5.41) is 15.5. The Morgan fingerprint density at radius 3 is 2.23 bits per heavy atom. The number of carbonyl (C=O) groups excluding carboxylic acids is 2. The number of para-hydroxylation sites is 1. The lowest BCUT2D eigenvalue weighted by atomic mass is 10.1. The molecule has 2 rings (SSSR count). The molecule has 3 amide bonds. The van der Waals surface area contributed by atoms with Crippen molar-refractivity contribution >= 4 is 17.6 Å². The first-order chi connectivity index (χ1) is 12.2. The van der Waals surface area contributed by atoms with Gasteiger partial charge in [-0.15, -0.1) is 0 Å². The Morgan fingerprint density at radius 2 is 1.65 bits per heavy atom. The summed E-state index contributed by atoms with van der Waals surface area (Å²) in [6, 6.07) is 13.3. The summed E-state index contributed by atoms with van der Waals surface area (Å²) in [4.78, 5) is 25.9. The fourth-order valence-corrected chi connectivity index (χ4v) is 2.31. The summed E-state index contributed by atoms with van der Waals surface area (Å²) in [6.07, 6.45) is 0. The molecule has 3 N–H and O–H groups in total. The summed E-state index contributed by atoms with van der Waals surface area (Å²) >= 11 is 0. The van der Waals surface area contributed by atoms with Crippen molar-refractivity contribution in [3.63, 3.8) is 0 Å². The minimum Gasteiger partial charge on any atom is -0.508 e. The van der Waals surface area contributed by atoms with Gasteiger partial charge in [0.25, 0.3) is 5.91 Å². The number of benzene rings is 2. The monoisotopic (exact) mass is 355 g/mol. The molecule has 0 aliphatic heterocycles. The van der Waals surface area contributed by atoms with E-state index in [1.165, 1.54) is 4.90 Å². The van der Waals surface area contributed by atoms with Crippen molar-refractivity contribution in [3.8, 4) is 5.75 Å². The van der Waals surface area contributed by atoms with Crippen molar-refractivity contribution in [2.75, 3.05) is 12.4 Å². The standard InChI is InChI=1S/C20H25N3O3/c1-20(2,3)22-18(25)14-9-11-16(12-10-14)21-19(26)23(4)13-15-7-5-6-8-17(15)24/h5-12,24H,13H2,1-4H3,(H,21,26)(H,22,25). The van der Waals surface area contributed by atoms with E-state index in [9.17, 15) is 14.7 Å². The molecule has 6 nitrogen and oxygen atoms in total. The fraction of sp³-hybridized carbons (Fsp3) is 0.300. The topological polar surface area (TPSA) is 81.7 Å². The summed E-state index contributed by atoms with van der Waals surface area (Å²) in [5.41, 5.74) is 1.47. The fourth-order valence-electron chi connectivity index (χ4n) is 2.31. The minimum absolute atomic E-state index is 0.154. The second-order valence-corrected chi connectivity index (χ2v) is 7.20. The smallest absolute Gasteiger partial charge is 0.321 e. The van der Waals surface area contributed by atoms with E-state index in [4.69, 9.17) is 0 Å². The van der Waals surface area contributed by atoms with Crippen molar-refractivity contribution in [3.05, 3.63) is 59.7 Å². The van der Waals surface area contributed by atoms with Crippen LogP contribution in [0.5, 0.6) is 5.75 Å². The third-order valence-electron chi connectivity index (χ3n) is 3.63. The van der Waals surface area contributed by atoms with Crippen molar-refractivity contribution in [1.82, 2.24) is 10.2 Å². The summed E-state index contributed by atoms with van der Waals surface area (Å²) in [7, 11) is 1.65. The van der Waals surface area contributed by atoms with Gasteiger partial charge in [0.1, 0.15) is 5.75 Å². The third kappa shape index (κ3) is 5.51. The van der Waals surface area contributed by atoms with Crippen LogP contribution in [0.3, 0.4) is 0 Å². The molecule has 0 heterocycles. The second kappa shape index (κ2) is 7.91. The van der Waals surface area contributed by atoms with Crippen molar-refractivity contribution in [2.45, 2.75) is 32.9 Å². The maximum atomic E-state index is 12.3. The van der Waals surface area contributed by atoms with E-state index in [0.717, 1.165) is 0 Å². The van der Waals surface area contributed by atoms with Gasteiger partial charge in [0.05, 0.1) is 6.54 Å².